The summed E-state index contributed by atoms with van der Waals surface area (Å²) in [5.41, 5.74) is 1.97. The van der Waals surface area contributed by atoms with Gasteiger partial charge in [0.15, 0.2) is 0 Å². The van der Waals surface area contributed by atoms with Gasteiger partial charge in [0.2, 0.25) is 0 Å². The highest BCUT2D eigenvalue weighted by atomic mass is 16.5. The van der Waals surface area contributed by atoms with Crippen LogP contribution in [-0.4, -0.2) is 55.3 Å². The third-order valence-corrected chi connectivity index (χ3v) is 3.65. The Balaban J connectivity index is 1.69. The van der Waals surface area contributed by atoms with E-state index in [0.717, 1.165) is 57.2 Å². The Hall–Kier alpha value is -1.59. The van der Waals surface area contributed by atoms with Crippen molar-refractivity contribution >= 4 is 5.71 Å². The first-order valence-corrected chi connectivity index (χ1v) is 7.47. The van der Waals surface area contributed by atoms with Crippen molar-refractivity contribution in [2.45, 2.75) is 19.8 Å². The predicted molar refractivity (Wildman–Crippen MR) is 82.4 cm³/mol. The highest BCUT2D eigenvalue weighted by Crippen LogP contribution is 2.13. The van der Waals surface area contributed by atoms with Crippen LogP contribution in [0.2, 0.25) is 0 Å². The van der Waals surface area contributed by atoms with Crippen molar-refractivity contribution in [3.05, 3.63) is 29.8 Å². The molecule has 0 aliphatic carbocycles. The van der Waals surface area contributed by atoms with Crippen LogP contribution >= 0.6 is 0 Å². The standard InChI is InChI=1S/C16H24N2O3/c1-14(17-19)2-3-15-4-6-16(7-5-15)21-13-10-18-8-11-20-12-9-18/h4-7,19H,2-3,8-13H2,1H3/b17-14+. The van der Waals surface area contributed by atoms with Gasteiger partial charge in [-0.25, -0.2) is 0 Å². The number of aryl methyl sites for hydroxylation is 1. The normalized spacial score (nSPS) is 16.9. The van der Waals surface area contributed by atoms with Gasteiger partial charge in [-0.1, -0.05) is 17.3 Å². The summed E-state index contributed by atoms with van der Waals surface area (Å²) in [6.07, 6.45) is 1.65. The van der Waals surface area contributed by atoms with Gasteiger partial charge in [0.05, 0.1) is 18.9 Å². The minimum absolute atomic E-state index is 0.704. The molecule has 0 spiro atoms. The molecule has 0 amide bonds. The number of benzene rings is 1. The number of rotatable bonds is 7. The molecule has 1 saturated heterocycles. The second-order valence-corrected chi connectivity index (χ2v) is 5.28. The van der Waals surface area contributed by atoms with Gasteiger partial charge in [-0.05, 0) is 37.5 Å². The fourth-order valence-corrected chi connectivity index (χ4v) is 2.24. The van der Waals surface area contributed by atoms with Crippen molar-refractivity contribution in [1.82, 2.24) is 4.90 Å². The molecule has 0 radical (unpaired) electrons. The predicted octanol–water partition coefficient (Wildman–Crippen LogP) is 2.18. The average Bonchev–Trinajstić information content (AvgIpc) is 2.55. The molecule has 1 aromatic rings. The van der Waals surface area contributed by atoms with E-state index in [-0.39, 0.29) is 0 Å². The van der Waals surface area contributed by atoms with Crippen LogP contribution in [0.15, 0.2) is 29.4 Å². The zero-order chi connectivity index (χ0) is 14.9. The zero-order valence-electron chi connectivity index (χ0n) is 12.6. The third kappa shape index (κ3) is 5.73. The van der Waals surface area contributed by atoms with E-state index in [1.54, 1.807) is 0 Å². The van der Waals surface area contributed by atoms with Gasteiger partial charge >= 0.3 is 0 Å². The molecule has 1 heterocycles. The second kappa shape index (κ2) is 8.64. The Kier molecular flexibility index (Phi) is 6.50. The van der Waals surface area contributed by atoms with Crippen LogP contribution in [0.1, 0.15) is 18.9 Å². The first-order chi connectivity index (χ1) is 10.3. The maximum atomic E-state index is 8.62. The van der Waals surface area contributed by atoms with Crippen LogP contribution < -0.4 is 4.74 Å². The molecule has 1 aliphatic heterocycles. The van der Waals surface area contributed by atoms with E-state index in [2.05, 4.69) is 22.2 Å². The lowest BCUT2D eigenvalue weighted by Crippen LogP contribution is -2.38. The van der Waals surface area contributed by atoms with Gasteiger partial charge < -0.3 is 14.7 Å². The van der Waals surface area contributed by atoms with Crippen LogP contribution in [0.5, 0.6) is 5.75 Å². The SMILES string of the molecule is C/C(CCc1ccc(OCCN2CCOCC2)cc1)=N\O. The molecule has 1 fully saturated rings. The van der Waals surface area contributed by atoms with Gasteiger partial charge in [0.1, 0.15) is 12.4 Å². The highest BCUT2D eigenvalue weighted by Gasteiger charge is 2.09. The van der Waals surface area contributed by atoms with Gasteiger partial charge in [-0.2, -0.15) is 0 Å². The Morgan fingerprint density at radius 1 is 1.29 bits per heavy atom. The average molecular weight is 292 g/mol. The molecule has 2 rings (SSSR count). The molecule has 0 saturated carbocycles. The van der Waals surface area contributed by atoms with Crippen LogP contribution in [0.4, 0.5) is 0 Å². The Bertz CT molecular complexity index is 439. The van der Waals surface area contributed by atoms with E-state index >= 15 is 0 Å². The van der Waals surface area contributed by atoms with Crippen molar-refractivity contribution in [3.63, 3.8) is 0 Å². The Labute approximate surface area is 126 Å². The lowest BCUT2D eigenvalue weighted by molar-refractivity contribution is 0.0322. The van der Waals surface area contributed by atoms with Gasteiger partial charge in [-0.3, -0.25) is 4.90 Å². The minimum Gasteiger partial charge on any atom is -0.492 e. The summed E-state index contributed by atoms with van der Waals surface area (Å²) in [5.74, 6) is 0.902. The number of morpholine rings is 1. The summed E-state index contributed by atoms with van der Waals surface area (Å²) in [7, 11) is 0. The number of hydrogen-bond donors (Lipinski definition) is 1. The molecule has 21 heavy (non-hydrogen) atoms. The maximum Gasteiger partial charge on any atom is 0.119 e. The number of hydrogen-bond acceptors (Lipinski definition) is 5. The molecule has 5 heteroatoms. The highest BCUT2D eigenvalue weighted by molar-refractivity contribution is 5.81. The summed E-state index contributed by atoms with van der Waals surface area (Å²) < 4.78 is 11.1. The third-order valence-electron chi connectivity index (χ3n) is 3.65. The summed E-state index contributed by atoms with van der Waals surface area (Å²) in [4.78, 5) is 2.36. The van der Waals surface area contributed by atoms with Crippen LogP contribution in [0, 0.1) is 0 Å². The lowest BCUT2D eigenvalue weighted by Gasteiger charge is -2.26. The molecule has 1 N–H and O–H groups in total. The molecule has 116 valence electrons. The number of nitrogens with zero attached hydrogens (tertiary/aromatic N) is 2. The second-order valence-electron chi connectivity index (χ2n) is 5.28. The van der Waals surface area contributed by atoms with E-state index < -0.39 is 0 Å². The summed E-state index contributed by atoms with van der Waals surface area (Å²) in [6, 6.07) is 8.13. The number of ether oxygens (including phenoxy) is 2. The van der Waals surface area contributed by atoms with Crippen LogP contribution in [-0.2, 0) is 11.2 Å². The zero-order valence-corrected chi connectivity index (χ0v) is 12.6. The smallest absolute Gasteiger partial charge is 0.119 e. The van der Waals surface area contributed by atoms with E-state index in [1.165, 1.54) is 5.56 Å². The van der Waals surface area contributed by atoms with E-state index in [9.17, 15) is 0 Å². The molecule has 0 aromatic heterocycles. The van der Waals surface area contributed by atoms with E-state index in [0.29, 0.717) is 6.61 Å². The fourth-order valence-electron chi connectivity index (χ4n) is 2.24. The maximum absolute atomic E-state index is 8.62. The molecule has 5 nitrogen and oxygen atoms in total. The molecule has 1 aromatic carbocycles. The summed E-state index contributed by atoms with van der Waals surface area (Å²) >= 11 is 0. The first kappa shape index (κ1) is 15.8. The fraction of sp³-hybridized carbons (Fsp3) is 0.562. The number of oxime groups is 1. The van der Waals surface area contributed by atoms with Gasteiger partial charge in [0, 0.05) is 19.6 Å². The van der Waals surface area contributed by atoms with Crippen molar-refractivity contribution in [3.8, 4) is 5.75 Å². The minimum atomic E-state index is 0.704. The van der Waals surface area contributed by atoms with Crippen LogP contribution in [0.3, 0.4) is 0 Å². The van der Waals surface area contributed by atoms with Crippen molar-refractivity contribution in [1.29, 1.82) is 0 Å². The van der Waals surface area contributed by atoms with E-state index in [4.69, 9.17) is 14.7 Å². The topological polar surface area (TPSA) is 54.3 Å². The molecule has 0 atom stereocenters. The monoisotopic (exact) mass is 292 g/mol. The quantitative estimate of drug-likeness (QED) is 0.475. The molecular formula is C16H24N2O3. The molecule has 0 unspecified atom stereocenters. The molecular weight excluding hydrogens is 268 g/mol. The lowest BCUT2D eigenvalue weighted by atomic mass is 10.1. The Morgan fingerprint density at radius 2 is 2.00 bits per heavy atom. The van der Waals surface area contributed by atoms with Crippen molar-refractivity contribution < 1.29 is 14.7 Å². The molecule has 0 bridgehead atoms. The van der Waals surface area contributed by atoms with Gasteiger partial charge in [-0.15, -0.1) is 0 Å². The van der Waals surface area contributed by atoms with Gasteiger partial charge in [0.25, 0.3) is 0 Å². The van der Waals surface area contributed by atoms with Crippen LogP contribution in [0.25, 0.3) is 0 Å². The van der Waals surface area contributed by atoms with Crippen molar-refractivity contribution in [2.24, 2.45) is 5.16 Å². The van der Waals surface area contributed by atoms with Crippen molar-refractivity contribution in [2.75, 3.05) is 39.5 Å². The molecule has 1 aliphatic rings. The largest absolute Gasteiger partial charge is 0.492 e. The summed E-state index contributed by atoms with van der Waals surface area (Å²) in [5, 5.41) is 11.8. The Morgan fingerprint density at radius 3 is 2.67 bits per heavy atom. The first-order valence-electron chi connectivity index (χ1n) is 7.47. The van der Waals surface area contributed by atoms with E-state index in [1.807, 2.05) is 19.1 Å². The summed E-state index contributed by atoms with van der Waals surface area (Å²) in [6.45, 7) is 7.11.